The van der Waals surface area contributed by atoms with Crippen LogP contribution in [0.5, 0.6) is 5.75 Å². The Bertz CT molecular complexity index is 720. The number of amides is 4. The van der Waals surface area contributed by atoms with Crippen LogP contribution in [0.25, 0.3) is 0 Å². The van der Waals surface area contributed by atoms with Crippen LogP contribution in [0.2, 0.25) is 0 Å². The Morgan fingerprint density at radius 1 is 1.09 bits per heavy atom. The van der Waals surface area contributed by atoms with E-state index in [0.29, 0.717) is 70.2 Å². The van der Waals surface area contributed by atoms with Gasteiger partial charge in [0.25, 0.3) is 5.91 Å². The molecule has 1 rings (SSSR count). The van der Waals surface area contributed by atoms with Crippen molar-refractivity contribution >= 4 is 55.6 Å². The lowest BCUT2D eigenvalue weighted by atomic mass is 10.1. The summed E-state index contributed by atoms with van der Waals surface area (Å²) < 4.78 is 21.5. The van der Waals surface area contributed by atoms with Crippen molar-refractivity contribution in [2.75, 3.05) is 39.6 Å². The smallest absolute Gasteiger partial charge is 0.260 e. The largest absolute Gasteiger partial charge is 0.491 e. The second-order valence-corrected chi connectivity index (χ2v) is 8.23. The molecule has 192 valence electrons. The highest BCUT2D eigenvalue weighted by Gasteiger charge is 2.22. The van der Waals surface area contributed by atoms with Gasteiger partial charge >= 0.3 is 0 Å². The van der Waals surface area contributed by atoms with Gasteiger partial charge in [0.2, 0.25) is 19.2 Å². The molecule has 0 saturated carbocycles. The molecule has 1 aromatic rings. The fourth-order valence-electron chi connectivity index (χ4n) is 2.71. The molecule has 34 heavy (non-hydrogen) atoms. The van der Waals surface area contributed by atoms with Crippen molar-refractivity contribution in [3.63, 3.8) is 0 Å². The van der Waals surface area contributed by atoms with Gasteiger partial charge < -0.3 is 23.7 Å². The summed E-state index contributed by atoms with van der Waals surface area (Å²) in [5.41, 5.74) is 1.27. The first-order valence-corrected chi connectivity index (χ1v) is 14.0. The normalized spacial score (nSPS) is 10.9. The third-order valence-electron chi connectivity index (χ3n) is 4.32. The first-order valence-electron chi connectivity index (χ1n) is 10.7. The topological polar surface area (TPSA) is 120 Å². The number of nitrogens with one attached hydrogen (secondary N) is 1. The highest BCUT2D eigenvalue weighted by molar-refractivity contribution is 14.2. The lowest BCUT2D eigenvalue weighted by molar-refractivity contribution is -0.118. The van der Waals surface area contributed by atoms with Crippen LogP contribution in [0.4, 0.5) is 0 Å². The van der Waals surface area contributed by atoms with Crippen molar-refractivity contribution < 1.29 is 37.6 Å². The van der Waals surface area contributed by atoms with Crippen molar-refractivity contribution in [1.82, 2.24) is 10.2 Å². The molecular weight excluding hydrogens is 579 g/mol. The predicted molar refractivity (Wildman–Crippen MR) is 138 cm³/mol. The van der Waals surface area contributed by atoms with E-state index in [2.05, 4.69) is 21.2 Å². The predicted octanol–water partition coefficient (Wildman–Crippen LogP) is 3.10. The molecule has 0 fully saturated rings. The number of imide groups is 2. The van der Waals surface area contributed by atoms with Crippen LogP contribution in [0.1, 0.15) is 42.6 Å². The van der Waals surface area contributed by atoms with Gasteiger partial charge in [-0.1, -0.05) is 13.3 Å². The lowest BCUT2D eigenvalue weighted by Crippen LogP contribution is -2.37. The third-order valence-corrected chi connectivity index (χ3v) is 5.34. The average molecular weight is 612 g/mol. The van der Waals surface area contributed by atoms with Crippen molar-refractivity contribution in [3.8, 4) is 5.75 Å². The van der Waals surface area contributed by atoms with Gasteiger partial charge in [-0.2, -0.15) is 0 Å². The molecule has 0 aromatic heterocycles. The van der Waals surface area contributed by atoms with Gasteiger partial charge in [0.1, 0.15) is 12.4 Å². The molecular formula is C22H33IN2O8S. The van der Waals surface area contributed by atoms with Crippen LogP contribution in [-0.4, -0.2) is 75.7 Å². The van der Waals surface area contributed by atoms with Crippen molar-refractivity contribution in [1.29, 1.82) is 0 Å². The van der Waals surface area contributed by atoms with Crippen LogP contribution >= 0.6 is 30.4 Å². The molecule has 0 bridgehead atoms. The maximum absolute atomic E-state index is 12.7. The minimum atomic E-state index is -0.282. The summed E-state index contributed by atoms with van der Waals surface area (Å²) in [4.78, 5) is 43.4. The summed E-state index contributed by atoms with van der Waals surface area (Å²) in [7, 11) is 1.29. The van der Waals surface area contributed by atoms with E-state index < -0.39 is 0 Å². The van der Waals surface area contributed by atoms with Gasteiger partial charge in [-0.25, -0.2) is 0 Å². The van der Waals surface area contributed by atoms with E-state index in [0.717, 1.165) is 18.4 Å². The minimum Gasteiger partial charge on any atom is -0.491 e. The molecule has 0 spiro atoms. The van der Waals surface area contributed by atoms with Crippen molar-refractivity contribution in [2.24, 2.45) is 0 Å². The standard InChI is InChI=1S/C20H30INO6S.C2H3NO2/c1-4-5-17(3)22(15-23)20(24)19-7-6-18(14-16(19)2)27-12-10-25-8-9-26-11-13-28-29-21;4-1-3-2-5/h6-7,14-15,17H,4-5,8-13H2,1-3H3;1-2H,(H,3,4,5). The Balaban J connectivity index is 0.00000196. The molecule has 4 amide bonds. The number of hydrogen-bond acceptors (Lipinski definition) is 9. The SMILES string of the molecule is CCCC(C)N(C=O)C(=O)c1ccc(OCCOCCOCCOSI)cc1C.O=CNC=O. The van der Waals surface area contributed by atoms with E-state index in [1.54, 1.807) is 23.5 Å². The Hall–Kier alpha value is -1.74. The second kappa shape index (κ2) is 21.8. The van der Waals surface area contributed by atoms with Gasteiger partial charge in [0.05, 0.1) is 42.2 Å². The van der Waals surface area contributed by atoms with Crippen LogP contribution in [-0.2, 0) is 28.0 Å². The fraction of sp³-hybridized carbons (Fsp3) is 0.545. The Kier molecular flexibility index (Phi) is 20.7. The third kappa shape index (κ3) is 14.5. The van der Waals surface area contributed by atoms with Crippen molar-refractivity contribution in [2.45, 2.75) is 39.7 Å². The summed E-state index contributed by atoms with van der Waals surface area (Å²) in [5, 5.41) is 1.75. The number of benzene rings is 1. The number of halogens is 1. The first-order chi connectivity index (χ1) is 16.5. The molecule has 0 saturated heterocycles. The van der Waals surface area contributed by atoms with Crippen molar-refractivity contribution in [3.05, 3.63) is 29.3 Å². The maximum atomic E-state index is 12.7. The Morgan fingerprint density at radius 2 is 1.71 bits per heavy atom. The molecule has 1 atom stereocenters. The van der Waals surface area contributed by atoms with Crippen LogP contribution < -0.4 is 10.1 Å². The monoisotopic (exact) mass is 612 g/mol. The van der Waals surface area contributed by atoms with Gasteiger partial charge in [-0.15, -0.1) is 0 Å². The molecule has 0 aliphatic carbocycles. The van der Waals surface area contributed by atoms with Gasteiger partial charge in [0.15, 0.2) is 0 Å². The molecule has 0 aliphatic rings. The second-order valence-electron chi connectivity index (χ2n) is 6.79. The molecule has 1 unspecified atom stereocenters. The molecule has 0 radical (unpaired) electrons. The fourth-order valence-corrected chi connectivity index (χ4v) is 3.38. The molecule has 0 aliphatic heterocycles. The molecule has 1 aromatic carbocycles. The number of nitrogens with zero attached hydrogens (tertiary/aromatic N) is 1. The highest BCUT2D eigenvalue weighted by atomic mass is 127. The number of ether oxygens (including phenoxy) is 3. The molecule has 12 heteroatoms. The molecule has 1 N–H and O–H groups in total. The minimum absolute atomic E-state index is 0.126. The van der Waals surface area contributed by atoms with E-state index in [9.17, 15) is 9.59 Å². The van der Waals surface area contributed by atoms with Crippen LogP contribution in [0.3, 0.4) is 0 Å². The highest BCUT2D eigenvalue weighted by Crippen LogP contribution is 2.20. The number of aryl methyl sites for hydroxylation is 1. The maximum Gasteiger partial charge on any atom is 0.260 e. The number of rotatable bonds is 18. The van der Waals surface area contributed by atoms with Gasteiger partial charge in [0, 0.05) is 32.8 Å². The summed E-state index contributed by atoms with van der Waals surface area (Å²) in [6, 6.07) is 5.11. The number of carbonyl (C=O) groups is 4. The Morgan fingerprint density at radius 3 is 2.21 bits per heavy atom. The van der Waals surface area contributed by atoms with E-state index in [-0.39, 0.29) is 11.9 Å². The quantitative estimate of drug-likeness (QED) is 0.115. The molecule has 0 heterocycles. The van der Waals surface area contributed by atoms with Crippen LogP contribution in [0.15, 0.2) is 18.2 Å². The lowest BCUT2D eigenvalue weighted by Gasteiger charge is -2.23. The van der Waals surface area contributed by atoms with E-state index >= 15 is 0 Å². The van der Waals surface area contributed by atoms with Crippen LogP contribution in [0, 0.1) is 6.92 Å². The zero-order valence-corrected chi connectivity index (χ0v) is 22.7. The number of hydrogen-bond donors (Lipinski definition) is 1. The zero-order chi connectivity index (χ0) is 25.6. The Labute approximate surface area is 217 Å². The summed E-state index contributed by atoms with van der Waals surface area (Å²) in [6.45, 7) is 8.67. The zero-order valence-electron chi connectivity index (χ0n) is 19.7. The summed E-state index contributed by atoms with van der Waals surface area (Å²) in [6.07, 6.45) is 2.93. The van der Waals surface area contributed by atoms with Gasteiger partial charge in [-0.3, -0.25) is 24.1 Å². The molecule has 10 nitrogen and oxygen atoms in total. The van der Waals surface area contributed by atoms with Gasteiger partial charge in [-0.05, 0) is 44.0 Å². The summed E-state index contributed by atoms with van der Waals surface area (Å²) in [5.74, 6) is 0.377. The van der Waals surface area contributed by atoms with E-state index in [1.807, 2.05) is 20.8 Å². The number of carbonyl (C=O) groups excluding carboxylic acids is 4. The summed E-state index contributed by atoms with van der Waals surface area (Å²) >= 11 is 2.06. The van der Waals surface area contributed by atoms with E-state index in [1.165, 1.54) is 14.1 Å². The van der Waals surface area contributed by atoms with E-state index in [4.69, 9.17) is 28.0 Å². The average Bonchev–Trinajstić information content (AvgIpc) is 2.82. The first kappa shape index (κ1) is 32.3.